The second-order valence-electron chi connectivity index (χ2n) is 4.15. The Balaban J connectivity index is 0.00000220. The first kappa shape index (κ1) is 18.2. The van der Waals surface area contributed by atoms with Crippen LogP contribution < -0.4 is 10.3 Å². The average molecular weight is 378 g/mol. The molecule has 0 amide bonds. The number of nitrogens with zero attached hydrogens (tertiary/aromatic N) is 1. The fourth-order valence-electron chi connectivity index (χ4n) is 1.94. The van der Waals surface area contributed by atoms with Crippen LogP contribution in [0.1, 0.15) is 6.92 Å². The van der Waals surface area contributed by atoms with Crippen LogP contribution in [-0.4, -0.2) is 11.2 Å². The van der Waals surface area contributed by atoms with E-state index in [-0.39, 0.29) is 38.3 Å². The molecule has 0 spiro atoms. The van der Waals surface area contributed by atoms with E-state index < -0.39 is 0 Å². The maximum absolute atomic E-state index is 11.8. The third kappa shape index (κ3) is 4.29. The van der Waals surface area contributed by atoms with Gasteiger partial charge < -0.3 is 9.30 Å². The zero-order valence-corrected chi connectivity index (χ0v) is 15.4. The van der Waals surface area contributed by atoms with Gasteiger partial charge in [-0.15, -0.1) is 6.07 Å². The molecule has 0 aliphatic rings. The fourth-order valence-corrected chi connectivity index (χ4v) is 2.20. The number of benzene rings is 1. The van der Waals surface area contributed by atoms with Gasteiger partial charge in [-0.2, -0.15) is 12.1 Å². The molecule has 2 rings (SSSR count). The molecule has 1 aromatic carbocycles. The fraction of sp³-hybridized carbons (Fsp3) is 0.188. The van der Waals surface area contributed by atoms with Gasteiger partial charge in [-0.05, 0) is 24.1 Å². The maximum Gasteiger partial charge on any atom is 0.194 e. The Labute approximate surface area is 154 Å². The van der Waals surface area contributed by atoms with Gasteiger partial charge in [0.05, 0.1) is 0 Å². The second-order valence-corrected chi connectivity index (χ2v) is 4.56. The Hall–Kier alpha value is -0.896. The molecular formula is C16H15ClNO2Y-. The van der Waals surface area contributed by atoms with Crippen LogP contribution in [0.3, 0.4) is 0 Å². The van der Waals surface area contributed by atoms with Crippen molar-refractivity contribution >= 4 is 11.6 Å². The van der Waals surface area contributed by atoms with E-state index in [1.807, 2.05) is 19.1 Å². The molecule has 1 radical (unpaired) electrons. The Morgan fingerprint density at radius 1 is 1.43 bits per heavy atom. The first-order valence-electron chi connectivity index (χ1n) is 6.32. The van der Waals surface area contributed by atoms with E-state index in [1.165, 1.54) is 6.07 Å². The summed E-state index contributed by atoms with van der Waals surface area (Å²) < 4.78 is 7.06. The second kappa shape index (κ2) is 8.52. The predicted molar refractivity (Wildman–Crippen MR) is 81.4 cm³/mol. The van der Waals surface area contributed by atoms with Gasteiger partial charge in [0.15, 0.2) is 5.56 Å². The van der Waals surface area contributed by atoms with Crippen molar-refractivity contribution in [2.24, 2.45) is 0 Å². The molecule has 2 aromatic rings. The van der Waals surface area contributed by atoms with Gasteiger partial charge in [0, 0.05) is 39.3 Å². The largest absolute Gasteiger partial charge is 0.490 e. The molecule has 0 fully saturated rings. The van der Waals surface area contributed by atoms with Crippen molar-refractivity contribution in [3.63, 3.8) is 0 Å². The van der Waals surface area contributed by atoms with Crippen molar-refractivity contribution in [3.05, 3.63) is 64.4 Å². The van der Waals surface area contributed by atoms with E-state index in [0.717, 1.165) is 5.56 Å². The molecule has 0 saturated heterocycles. The molecule has 0 unspecified atom stereocenters. The molecule has 5 heteroatoms. The number of halogens is 1. The minimum Gasteiger partial charge on any atom is -0.490 e. The normalized spacial score (nSPS) is 9.81. The van der Waals surface area contributed by atoms with Crippen LogP contribution in [0.25, 0.3) is 11.3 Å². The van der Waals surface area contributed by atoms with Gasteiger partial charge in [0.2, 0.25) is 0 Å². The van der Waals surface area contributed by atoms with Crippen molar-refractivity contribution < 1.29 is 37.4 Å². The summed E-state index contributed by atoms with van der Waals surface area (Å²) >= 11 is 6.28. The SMILES string of the molecule is C=CCOc1ccc(-c2[c-]ccc(=O)n2CC)c(Cl)c1.[Y]. The van der Waals surface area contributed by atoms with E-state index in [1.54, 1.807) is 22.8 Å². The molecule has 0 aliphatic carbocycles. The first-order chi connectivity index (χ1) is 9.67. The van der Waals surface area contributed by atoms with Gasteiger partial charge in [0.1, 0.15) is 12.4 Å². The minimum atomic E-state index is -0.0655. The molecule has 0 aliphatic heterocycles. The molecule has 0 saturated carbocycles. The molecular weight excluding hydrogens is 363 g/mol. The summed E-state index contributed by atoms with van der Waals surface area (Å²) in [4.78, 5) is 11.8. The molecule has 107 valence electrons. The summed E-state index contributed by atoms with van der Waals surface area (Å²) in [7, 11) is 0. The van der Waals surface area contributed by atoms with Crippen LogP contribution >= 0.6 is 11.6 Å². The number of rotatable bonds is 5. The summed E-state index contributed by atoms with van der Waals surface area (Å²) in [5.74, 6) is 0.667. The standard InChI is InChI=1S/C16H15ClNO2.Y/c1-3-10-20-12-8-9-13(14(17)11-12)15-6-5-7-16(19)18(15)4-2;/h3,5,7-9,11H,1,4,10H2,2H3;/q-1;. The van der Waals surface area contributed by atoms with Crippen LogP contribution in [0, 0.1) is 6.07 Å². The molecule has 1 aromatic heterocycles. The Morgan fingerprint density at radius 3 is 2.81 bits per heavy atom. The molecule has 3 nitrogen and oxygen atoms in total. The summed E-state index contributed by atoms with van der Waals surface area (Å²) in [6, 6.07) is 11.5. The van der Waals surface area contributed by atoms with Gasteiger partial charge in [-0.1, -0.05) is 41.6 Å². The van der Waals surface area contributed by atoms with E-state index in [2.05, 4.69) is 12.6 Å². The van der Waals surface area contributed by atoms with E-state index in [9.17, 15) is 4.79 Å². The van der Waals surface area contributed by atoms with Crippen molar-refractivity contribution in [2.75, 3.05) is 6.61 Å². The molecule has 1 heterocycles. The summed E-state index contributed by atoms with van der Waals surface area (Å²) in [5.41, 5.74) is 1.38. The number of aromatic nitrogens is 1. The monoisotopic (exact) mass is 377 g/mol. The summed E-state index contributed by atoms with van der Waals surface area (Å²) in [6.07, 6.45) is 1.67. The van der Waals surface area contributed by atoms with Crippen LogP contribution in [0.15, 0.2) is 47.8 Å². The number of hydrogen-bond acceptors (Lipinski definition) is 2. The van der Waals surface area contributed by atoms with Crippen molar-refractivity contribution in [1.82, 2.24) is 4.57 Å². The van der Waals surface area contributed by atoms with Gasteiger partial charge in [0.25, 0.3) is 0 Å². The number of ether oxygens (including phenoxy) is 1. The summed E-state index contributed by atoms with van der Waals surface area (Å²) in [6.45, 7) is 6.50. The van der Waals surface area contributed by atoms with Crippen molar-refractivity contribution in [1.29, 1.82) is 0 Å². The molecule has 0 bridgehead atoms. The van der Waals surface area contributed by atoms with E-state index >= 15 is 0 Å². The molecule has 21 heavy (non-hydrogen) atoms. The van der Waals surface area contributed by atoms with Gasteiger partial charge in [-0.25, -0.2) is 0 Å². The van der Waals surface area contributed by atoms with Crippen molar-refractivity contribution in [3.8, 4) is 17.0 Å². The van der Waals surface area contributed by atoms with Crippen molar-refractivity contribution in [2.45, 2.75) is 13.5 Å². The third-order valence-electron chi connectivity index (χ3n) is 2.86. The Morgan fingerprint density at radius 2 is 2.19 bits per heavy atom. The summed E-state index contributed by atoms with van der Waals surface area (Å²) in [5, 5.41) is 0.524. The maximum atomic E-state index is 11.8. The predicted octanol–water partition coefficient (Wildman–Crippen LogP) is 3.55. The zero-order valence-electron chi connectivity index (χ0n) is 11.8. The van der Waals surface area contributed by atoms with Crippen LogP contribution in [0.2, 0.25) is 5.02 Å². The Kier molecular flexibility index (Phi) is 7.37. The first-order valence-corrected chi connectivity index (χ1v) is 6.70. The topological polar surface area (TPSA) is 31.2 Å². The molecule has 0 atom stereocenters. The molecule has 0 N–H and O–H groups in total. The Bertz CT molecular complexity index is 682. The zero-order chi connectivity index (χ0) is 14.5. The van der Waals surface area contributed by atoms with Crippen LogP contribution in [0.4, 0.5) is 0 Å². The van der Waals surface area contributed by atoms with E-state index in [4.69, 9.17) is 16.3 Å². The van der Waals surface area contributed by atoms with Crippen LogP contribution in [0.5, 0.6) is 5.75 Å². The van der Waals surface area contributed by atoms with E-state index in [0.29, 0.717) is 29.6 Å². The van der Waals surface area contributed by atoms with Crippen LogP contribution in [-0.2, 0) is 39.3 Å². The smallest absolute Gasteiger partial charge is 0.194 e. The number of pyridine rings is 1. The third-order valence-corrected chi connectivity index (χ3v) is 3.17. The van der Waals surface area contributed by atoms with Gasteiger partial charge in [-0.3, -0.25) is 4.79 Å². The average Bonchev–Trinajstić information content (AvgIpc) is 2.45. The minimum absolute atomic E-state index is 0. The number of hydrogen-bond donors (Lipinski definition) is 0. The van der Waals surface area contributed by atoms with Gasteiger partial charge >= 0.3 is 0 Å². The quantitative estimate of drug-likeness (QED) is 0.589.